The molecule has 0 unspecified atom stereocenters. The molecule has 5 rings (SSSR count). The monoisotopic (exact) mass is 338 g/mol. The van der Waals surface area contributed by atoms with Crippen molar-refractivity contribution in [2.75, 3.05) is 6.61 Å². The van der Waals surface area contributed by atoms with E-state index in [2.05, 4.69) is 18.3 Å². The average Bonchev–Trinajstić information content (AvgIpc) is 2.59. The van der Waals surface area contributed by atoms with Crippen molar-refractivity contribution in [1.82, 2.24) is 5.32 Å². The van der Waals surface area contributed by atoms with Gasteiger partial charge in [0, 0.05) is 6.04 Å². The van der Waals surface area contributed by atoms with Gasteiger partial charge in [-0.2, -0.15) is 5.26 Å². The summed E-state index contributed by atoms with van der Waals surface area (Å²) in [6.07, 6.45) is 8.06. The van der Waals surface area contributed by atoms with Crippen molar-refractivity contribution in [3.63, 3.8) is 0 Å². The minimum Gasteiger partial charge on any atom is -0.482 e. The fraction of sp³-hybridized carbons (Fsp3) is 0.619. The van der Waals surface area contributed by atoms with Gasteiger partial charge in [0.1, 0.15) is 11.8 Å². The summed E-state index contributed by atoms with van der Waals surface area (Å²) in [6.45, 7) is 2.14. The first-order valence-corrected chi connectivity index (χ1v) is 9.49. The molecule has 0 heterocycles. The molecule has 1 aromatic rings. The number of nitriles is 1. The maximum absolute atomic E-state index is 12.4. The quantitative estimate of drug-likeness (QED) is 0.891. The molecule has 4 aliphatic carbocycles. The summed E-state index contributed by atoms with van der Waals surface area (Å²) >= 11 is 0. The Morgan fingerprint density at radius 2 is 1.84 bits per heavy atom. The molecule has 1 N–H and O–H groups in total. The number of nitrogens with one attached hydrogen (secondary N) is 1. The highest BCUT2D eigenvalue weighted by molar-refractivity contribution is 5.78. The molecular formula is C21H26N2O2. The number of ether oxygens (including phenoxy) is 1. The molecule has 1 atom stereocenters. The molecule has 25 heavy (non-hydrogen) atoms. The molecule has 1 aromatic carbocycles. The van der Waals surface area contributed by atoms with Gasteiger partial charge in [-0.05, 0) is 80.8 Å². The van der Waals surface area contributed by atoms with E-state index in [0.717, 1.165) is 17.8 Å². The third-order valence-corrected chi connectivity index (χ3v) is 6.75. The number of para-hydroxylation sites is 1. The van der Waals surface area contributed by atoms with Crippen molar-refractivity contribution in [1.29, 1.82) is 5.26 Å². The molecule has 4 aliphatic rings. The first-order chi connectivity index (χ1) is 12.1. The zero-order valence-electron chi connectivity index (χ0n) is 14.8. The lowest BCUT2D eigenvalue weighted by Gasteiger charge is -2.59. The van der Waals surface area contributed by atoms with E-state index in [1.807, 2.05) is 6.07 Å². The molecule has 1 amide bonds. The average molecular weight is 338 g/mol. The third-order valence-electron chi connectivity index (χ3n) is 6.75. The van der Waals surface area contributed by atoms with E-state index in [1.165, 1.54) is 38.5 Å². The zero-order chi connectivity index (χ0) is 17.4. The van der Waals surface area contributed by atoms with Gasteiger partial charge in [-0.3, -0.25) is 4.79 Å². The summed E-state index contributed by atoms with van der Waals surface area (Å²) in [5.74, 6) is 3.02. The topological polar surface area (TPSA) is 62.1 Å². The minimum atomic E-state index is -0.0870. The van der Waals surface area contributed by atoms with Gasteiger partial charge in [-0.15, -0.1) is 0 Å². The van der Waals surface area contributed by atoms with Crippen LogP contribution >= 0.6 is 0 Å². The van der Waals surface area contributed by atoms with Crippen LogP contribution in [-0.4, -0.2) is 18.6 Å². The largest absolute Gasteiger partial charge is 0.482 e. The summed E-state index contributed by atoms with van der Waals surface area (Å²) in [6, 6.07) is 9.32. The molecule has 0 aliphatic heterocycles. The third kappa shape index (κ3) is 3.13. The molecule has 4 heteroatoms. The van der Waals surface area contributed by atoms with E-state index in [1.54, 1.807) is 18.2 Å². The molecule has 132 valence electrons. The Morgan fingerprint density at radius 1 is 1.24 bits per heavy atom. The Morgan fingerprint density at radius 3 is 2.44 bits per heavy atom. The van der Waals surface area contributed by atoms with Gasteiger partial charge >= 0.3 is 0 Å². The van der Waals surface area contributed by atoms with Crippen molar-refractivity contribution >= 4 is 5.91 Å². The van der Waals surface area contributed by atoms with E-state index < -0.39 is 0 Å². The minimum absolute atomic E-state index is 0.0323. The molecule has 0 aromatic heterocycles. The highest BCUT2D eigenvalue weighted by Crippen LogP contribution is 2.61. The predicted octanol–water partition coefficient (Wildman–Crippen LogP) is 3.66. The summed E-state index contributed by atoms with van der Waals surface area (Å²) in [5, 5.41) is 12.3. The van der Waals surface area contributed by atoms with Crippen LogP contribution in [0.2, 0.25) is 0 Å². The summed E-state index contributed by atoms with van der Waals surface area (Å²) in [7, 11) is 0. The van der Waals surface area contributed by atoms with Gasteiger partial charge in [-0.25, -0.2) is 0 Å². The maximum atomic E-state index is 12.4. The number of carbonyl (C=O) groups is 1. The van der Waals surface area contributed by atoms with E-state index in [9.17, 15) is 4.79 Å². The van der Waals surface area contributed by atoms with E-state index in [-0.39, 0.29) is 18.6 Å². The van der Waals surface area contributed by atoms with Gasteiger partial charge in [0.15, 0.2) is 6.61 Å². The van der Waals surface area contributed by atoms with Crippen LogP contribution in [0.25, 0.3) is 0 Å². The summed E-state index contributed by atoms with van der Waals surface area (Å²) in [5.41, 5.74) is 0.763. The number of amides is 1. The van der Waals surface area contributed by atoms with Gasteiger partial charge in [0.2, 0.25) is 0 Å². The molecular weight excluding hydrogens is 312 g/mol. The Labute approximate surface area is 149 Å². The predicted molar refractivity (Wildman–Crippen MR) is 94.9 cm³/mol. The van der Waals surface area contributed by atoms with Crippen molar-refractivity contribution in [2.24, 2.45) is 23.2 Å². The van der Waals surface area contributed by atoms with Crippen molar-refractivity contribution in [3.05, 3.63) is 29.8 Å². The summed E-state index contributed by atoms with van der Waals surface area (Å²) < 4.78 is 5.58. The molecule has 4 nitrogen and oxygen atoms in total. The fourth-order valence-electron chi connectivity index (χ4n) is 5.97. The van der Waals surface area contributed by atoms with Crippen molar-refractivity contribution in [2.45, 2.75) is 51.5 Å². The number of hydrogen-bond donors (Lipinski definition) is 1. The van der Waals surface area contributed by atoms with Gasteiger partial charge in [0.25, 0.3) is 5.91 Å². The smallest absolute Gasteiger partial charge is 0.258 e. The van der Waals surface area contributed by atoms with E-state index >= 15 is 0 Å². The van der Waals surface area contributed by atoms with E-state index in [4.69, 9.17) is 10.00 Å². The molecule has 4 fully saturated rings. The van der Waals surface area contributed by atoms with Crippen LogP contribution < -0.4 is 10.1 Å². The van der Waals surface area contributed by atoms with Crippen molar-refractivity contribution in [3.8, 4) is 11.8 Å². The Bertz CT molecular complexity index is 671. The Kier molecular flexibility index (Phi) is 4.19. The highest BCUT2D eigenvalue weighted by atomic mass is 16.5. The molecule has 4 saturated carbocycles. The highest BCUT2D eigenvalue weighted by Gasteiger charge is 2.53. The molecule has 0 spiro atoms. The number of hydrogen-bond acceptors (Lipinski definition) is 3. The van der Waals surface area contributed by atoms with Crippen LogP contribution in [0.4, 0.5) is 0 Å². The zero-order valence-corrected chi connectivity index (χ0v) is 14.8. The van der Waals surface area contributed by atoms with Gasteiger partial charge < -0.3 is 10.1 Å². The molecule has 0 saturated heterocycles. The van der Waals surface area contributed by atoms with Crippen LogP contribution in [0.3, 0.4) is 0 Å². The lowest BCUT2D eigenvalue weighted by molar-refractivity contribution is -0.127. The number of benzene rings is 1. The van der Waals surface area contributed by atoms with Crippen LogP contribution in [0, 0.1) is 34.5 Å². The Hall–Kier alpha value is -2.02. The second-order valence-corrected chi connectivity index (χ2v) is 8.47. The van der Waals surface area contributed by atoms with Crippen LogP contribution in [0.15, 0.2) is 24.3 Å². The second kappa shape index (κ2) is 6.37. The lowest BCUT2D eigenvalue weighted by Crippen LogP contribution is -2.56. The number of carbonyl (C=O) groups excluding carboxylic acids is 1. The standard InChI is InChI=1S/C21H26N2O2/c1-14(21-9-15-6-16(10-21)8-17(7-15)11-21)23-20(24)13-25-19-5-3-2-4-18(19)12-22/h2-5,14-17H,6-11,13H2,1H3,(H,23,24)/t14-,15?,16?,17?,21?/m1/s1. The maximum Gasteiger partial charge on any atom is 0.258 e. The number of nitrogens with zero attached hydrogens (tertiary/aromatic N) is 1. The number of rotatable bonds is 5. The molecule has 0 radical (unpaired) electrons. The first kappa shape index (κ1) is 16.4. The SMILES string of the molecule is C[C@@H](NC(=O)COc1ccccc1C#N)C12CC3CC(CC(C3)C1)C2. The Balaban J connectivity index is 1.36. The van der Waals surface area contributed by atoms with Crippen LogP contribution in [-0.2, 0) is 4.79 Å². The van der Waals surface area contributed by atoms with E-state index in [0.29, 0.717) is 16.7 Å². The normalized spacial score (nSPS) is 33.5. The molecule has 4 bridgehead atoms. The summed E-state index contributed by atoms with van der Waals surface area (Å²) in [4.78, 5) is 12.4. The first-order valence-electron chi connectivity index (χ1n) is 9.49. The van der Waals surface area contributed by atoms with Crippen LogP contribution in [0.5, 0.6) is 5.75 Å². The fourth-order valence-corrected chi connectivity index (χ4v) is 5.97. The lowest BCUT2D eigenvalue weighted by atomic mass is 9.48. The van der Waals surface area contributed by atoms with Crippen LogP contribution in [0.1, 0.15) is 51.0 Å². The van der Waals surface area contributed by atoms with Crippen molar-refractivity contribution < 1.29 is 9.53 Å². The van der Waals surface area contributed by atoms with Gasteiger partial charge in [-0.1, -0.05) is 12.1 Å². The van der Waals surface area contributed by atoms with Gasteiger partial charge in [0.05, 0.1) is 5.56 Å². The second-order valence-electron chi connectivity index (χ2n) is 8.47.